The first-order valence-corrected chi connectivity index (χ1v) is 11.2. The van der Waals surface area contributed by atoms with E-state index in [1.807, 2.05) is 30.4 Å². The fraction of sp³-hybridized carbons (Fsp3) is 0.609. The van der Waals surface area contributed by atoms with Crippen molar-refractivity contribution in [1.29, 1.82) is 0 Å². The Morgan fingerprint density at radius 2 is 1.97 bits per heavy atom. The van der Waals surface area contributed by atoms with Gasteiger partial charge in [-0.05, 0) is 63.1 Å². The summed E-state index contributed by atoms with van der Waals surface area (Å²) in [6.45, 7) is 10.4. The molecule has 1 amide bonds. The van der Waals surface area contributed by atoms with Crippen molar-refractivity contribution in [2.24, 2.45) is 5.92 Å². The zero-order chi connectivity index (χ0) is 20.8. The maximum absolute atomic E-state index is 13.1. The van der Waals surface area contributed by atoms with Crippen LogP contribution in [-0.4, -0.2) is 69.1 Å². The van der Waals surface area contributed by atoms with Gasteiger partial charge in [0.05, 0.1) is 23.6 Å². The summed E-state index contributed by atoms with van der Waals surface area (Å²) in [6, 6.07) is 6.43. The van der Waals surface area contributed by atoms with Crippen LogP contribution in [0.25, 0.3) is 5.69 Å². The van der Waals surface area contributed by atoms with Gasteiger partial charge in [0.1, 0.15) is 0 Å². The summed E-state index contributed by atoms with van der Waals surface area (Å²) < 4.78 is 7.62. The second-order valence-corrected chi connectivity index (χ2v) is 9.25. The lowest BCUT2D eigenvalue weighted by Gasteiger charge is -2.35. The van der Waals surface area contributed by atoms with Gasteiger partial charge in [-0.25, -0.2) is 4.68 Å². The predicted molar refractivity (Wildman–Crippen MR) is 114 cm³/mol. The van der Waals surface area contributed by atoms with Crippen molar-refractivity contribution in [3.05, 3.63) is 40.7 Å². The number of aromatic nitrogens is 3. The van der Waals surface area contributed by atoms with Crippen LogP contribution in [0.15, 0.2) is 18.2 Å². The van der Waals surface area contributed by atoms with Crippen LogP contribution in [0.5, 0.6) is 0 Å². The monoisotopic (exact) mass is 409 g/mol. The van der Waals surface area contributed by atoms with Crippen molar-refractivity contribution < 1.29 is 9.53 Å². The zero-order valence-corrected chi connectivity index (χ0v) is 18.2. The minimum Gasteiger partial charge on any atom is -0.372 e. The van der Waals surface area contributed by atoms with Gasteiger partial charge in [0.25, 0.3) is 5.91 Å². The molecule has 160 valence electrons. The molecule has 2 atom stereocenters. The van der Waals surface area contributed by atoms with Gasteiger partial charge < -0.3 is 9.64 Å². The molecule has 3 heterocycles. The van der Waals surface area contributed by atoms with Crippen LogP contribution < -0.4 is 0 Å². The van der Waals surface area contributed by atoms with E-state index in [-0.39, 0.29) is 18.1 Å². The summed E-state index contributed by atoms with van der Waals surface area (Å²) in [7, 11) is 0. The molecule has 1 saturated heterocycles. The van der Waals surface area contributed by atoms with E-state index in [4.69, 9.17) is 4.74 Å². The average molecular weight is 410 g/mol. The first kappa shape index (κ1) is 19.7. The molecule has 2 fully saturated rings. The Balaban J connectivity index is 1.40. The molecule has 0 radical (unpaired) electrons. The fourth-order valence-corrected chi connectivity index (χ4v) is 4.92. The molecule has 5 rings (SSSR count). The number of morpholine rings is 1. The number of ether oxygens (including phenoxy) is 1. The van der Waals surface area contributed by atoms with Gasteiger partial charge in [-0.1, -0.05) is 17.3 Å². The molecule has 2 aliphatic heterocycles. The van der Waals surface area contributed by atoms with Crippen LogP contribution in [0.1, 0.15) is 54.0 Å². The van der Waals surface area contributed by atoms with Crippen LogP contribution in [0, 0.1) is 12.8 Å². The minimum atomic E-state index is -0.0545. The van der Waals surface area contributed by atoms with E-state index in [1.54, 1.807) is 0 Å². The van der Waals surface area contributed by atoms with E-state index in [2.05, 4.69) is 33.4 Å². The Bertz CT molecular complexity index is 941. The molecule has 1 saturated carbocycles. The molecule has 7 heteroatoms. The quantitative estimate of drug-likeness (QED) is 0.777. The molecule has 1 aromatic heterocycles. The van der Waals surface area contributed by atoms with E-state index >= 15 is 0 Å². The summed E-state index contributed by atoms with van der Waals surface area (Å²) in [5, 5.41) is 8.70. The standard InChI is InChI=1S/C23H31N5O2/c1-15-11-27(12-16(2)30-15)23(29)22-17(3)28(25-24-22)21-6-4-5-19-14-26(10-9-20(19)21)13-18-7-8-18/h4-6,15-16,18H,7-14H2,1-3H3/t15-,16-/m0/s1. The van der Waals surface area contributed by atoms with Gasteiger partial charge in [-0.15, -0.1) is 5.10 Å². The molecule has 0 bridgehead atoms. The van der Waals surface area contributed by atoms with Gasteiger partial charge >= 0.3 is 0 Å². The number of rotatable bonds is 4. The number of amides is 1. The normalized spacial score (nSPS) is 24.7. The van der Waals surface area contributed by atoms with Gasteiger partial charge in [0.15, 0.2) is 5.69 Å². The van der Waals surface area contributed by atoms with Gasteiger partial charge in [0, 0.05) is 32.7 Å². The molecule has 2 aromatic rings. The largest absolute Gasteiger partial charge is 0.372 e. The lowest BCUT2D eigenvalue weighted by Crippen LogP contribution is -2.48. The molecule has 30 heavy (non-hydrogen) atoms. The van der Waals surface area contributed by atoms with Gasteiger partial charge in [-0.3, -0.25) is 9.69 Å². The Morgan fingerprint density at radius 3 is 2.70 bits per heavy atom. The van der Waals surface area contributed by atoms with Crippen LogP contribution in [-0.2, 0) is 17.7 Å². The molecule has 0 unspecified atom stereocenters. The second-order valence-electron chi connectivity index (χ2n) is 9.25. The second kappa shape index (κ2) is 7.78. The Morgan fingerprint density at radius 1 is 1.20 bits per heavy atom. The highest BCUT2D eigenvalue weighted by molar-refractivity contribution is 5.93. The highest BCUT2D eigenvalue weighted by Gasteiger charge is 2.31. The van der Waals surface area contributed by atoms with E-state index in [9.17, 15) is 4.79 Å². The molecule has 1 aliphatic carbocycles. The smallest absolute Gasteiger partial charge is 0.276 e. The van der Waals surface area contributed by atoms with Crippen molar-refractivity contribution in [2.45, 2.75) is 58.8 Å². The third kappa shape index (κ3) is 3.76. The third-order valence-electron chi connectivity index (χ3n) is 6.57. The van der Waals surface area contributed by atoms with Crippen LogP contribution in [0.3, 0.4) is 0 Å². The summed E-state index contributed by atoms with van der Waals surface area (Å²) in [6.07, 6.45) is 3.86. The number of nitrogens with zero attached hydrogens (tertiary/aromatic N) is 5. The lowest BCUT2D eigenvalue weighted by atomic mass is 9.97. The predicted octanol–water partition coefficient (Wildman–Crippen LogP) is 2.59. The number of carbonyl (C=O) groups is 1. The lowest BCUT2D eigenvalue weighted by molar-refractivity contribution is -0.0587. The Labute approximate surface area is 178 Å². The maximum atomic E-state index is 13.1. The number of carbonyl (C=O) groups excluding carboxylic acids is 1. The van der Waals surface area contributed by atoms with E-state index in [0.29, 0.717) is 18.8 Å². The Hall–Kier alpha value is -2.25. The maximum Gasteiger partial charge on any atom is 0.276 e. The van der Waals surface area contributed by atoms with E-state index in [1.165, 1.54) is 30.5 Å². The molecule has 0 spiro atoms. The van der Waals surface area contributed by atoms with Gasteiger partial charge in [-0.2, -0.15) is 0 Å². The number of benzene rings is 1. The van der Waals surface area contributed by atoms with Crippen molar-refractivity contribution in [3.63, 3.8) is 0 Å². The zero-order valence-electron chi connectivity index (χ0n) is 18.2. The summed E-state index contributed by atoms with van der Waals surface area (Å²) in [5.74, 6) is 0.854. The molecular weight excluding hydrogens is 378 g/mol. The first-order valence-electron chi connectivity index (χ1n) is 11.2. The van der Waals surface area contributed by atoms with E-state index in [0.717, 1.165) is 36.8 Å². The summed E-state index contributed by atoms with van der Waals surface area (Å²) >= 11 is 0. The molecule has 3 aliphatic rings. The Kier molecular flexibility index (Phi) is 5.11. The van der Waals surface area contributed by atoms with Crippen LogP contribution >= 0.6 is 0 Å². The number of hydrogen-bond acceptors (Lipinski definition) is 5. The average Bonchev–Trinajstić information content (AvgIpc) is 3.45. The van der Waals surface area contributed by atoms with Crippen molar-refractivity contribution in [2.75, 3.05) is 26.2 Å². The van der Waals surface area contributed by atoms with Crippen molar-refractivity contribution in [3.8, 4) is 5.69 Å². The van der Waals surface area contributed by atoms with Gasteiger partial charge in [0.2, 0.25) is 0 Å². The summed E-state index contributed by atoms with van der Waals surface area (Å²) in [4.78, 5) is 17.6. The summed E-state index contributed by atoms with van der Waals surface area (Å²) in [5.41, 5.74) is 5.02. The van der Waals surface area contributed by atoms with Crippen LogP contribution in [0.2, 0.25) is 0 Å². The van der Waals surface area contributed by atoms with Crippen LogP contribution in [0.4, 0.5) is 0 Å². The molecule has 0 N–H and O–H groups in total. The fourth-order valence-electron chi connectivity index (χ4n) is 4.92. The molecule has 1 aromatic carbocycles. The SMILES string of the molecule is Cc1c(C(=O)N2C[C@H](C)O[C@@H](C)C2)nnn1-c1cccc2c1CCN(CC1CC1)C2. The number of hydrogen-bond donors (Lipinski definition) is 0. The highest BCUT2D eigenvalue weighted by Crippen LogP contribution is 2.32. The minimum absolute atomic E-state index is 0.0350. The number of fused-ring (bicyclic) bond motifs is 1. The molecular formula is C23H31N5O2. The first-order chi connectivity index (χ1) is 14.5. The van der Waals surface area contributed by atoms with E-state index < -0.39 is 0 Å². The third-order valence-corrected chi connectivity index (χ3v) is 6.57. The molecule has 7 nitrogen and oxygen atoms in total. The highest BCUT2D eigenvalue weighted by atomic mass is 16.5. The van der Waals surface area contributed by atoms with Crippen molar-refractivity contribution in [1.82, 2.24) is 24.8 Å². The van der Waals surface area contributed by atoms with Crippen molar-refractivity contribution >= 4 is 5.91 Å². The topological polar surface area (TPSA) is 63.5 Å².